The van der Waals surface area contributed by atoms with E-state index in [1.807, 2.05) is 0 Å². The van der Waals surface area contributed by atoms with Crippen LogP contribution in [-0.2, 0) is 14.4 Å². The zero-order valence-corrected chi connectivity index (χ0v) is 12.5. The molecule has 0 heterocycles. The molecule has 0 aromatic carbocycles. The summed E-state index contributed by atoms with van der Waals surface area (Å²) >= 11 is 1.26. The number of aliphatic carboxylic acids is 1. The summed E-state index contributed by atoms with van der Waals surface area (Å²) in [4.78, 5) is 33.7. The first-order valence-corrected chi connectivity index (χ1v) is 8.00. The lowest BCUT2D eigenvalue weighted by Gasteiger charge is -2.23. The predicted octanol–water partition coefficient (Wildman–Crippen LogP) is 0.615. The van der Waals surface area contributed by atoms with Crippen molar-refractivity contribution in [3.8, 4) is 0 Å². The maximum Gasteiger partial charge on any atom is 0.313 e. The van der Waals surface area contributed by atoms with Crippen molar-refractivity contribution in [3.63, 3.8) is 0 Å². The van der Waals surface area contributed by atoms with E-state index in [-0.39, 0.29) is 23.5 Å². The van der Waals surface area contributed by atoms with Crippen LogP contribution in [0.5, 0.6) is 0 Å². The maximum atomic E-state index is 12.1. The molecule has 0 aromatic rings. The molecule has 1 aliphatic rings. The number of carbonyl (C=O) groups is 3. The first-order chi connectivity index (χ1) is 9.50. The van der Waals surface area contributed by atoms with E-state index in [0.717, 1.165) is 25.7 Å². The number of carboxylic acids is 1. The SMILES string of the molecule is CC(=O)NC(C(=O)NCCSCC(=O)O)C1CCCC1. The fourth-order valence-corrected chi connectivity index (χ4v) is 2.99. The Hall–Kier alpha value is -1.24. The molecule has 0 spiro atoms. The Bertz CT molecular complexity index is 356. The van der Waals surface area contributed by atoms with Crippen molar-refractivity contribution in [3.05, 3.63) is 0 Å². The lowest BCUT2D eigenvalue weighted by molar-refractivity contribution is -0.134. The van der Waals surface area contributed by atoms with E-state index < -0.39 is 12.0 Å². The normalized spacial score (nSPS) is 16.6. The van der Waals surface area contributed by atoms with Gasteiger partial charge in [0.05, 0.1) is 5.75 Å². The molecule has 1 unspecified atom stereocenters. The van der Waals surface area contributed by atoms with Gasteiger partial charge in [-0.1, -0.05) is 12.8 Å². The van der Waals surface area contributed by atoms with E-state index in [0.29, 0.717) is 12.3 Å². The minimum atomic E-state index is -0.858. The van der Waals surface area contributed by atoms with Gasteiger partial charge < -0.3 is 15.7 Å². The fraction of sp³-hybridized carbons (Fsp3) is 0.769. The molecule has 0 saturated heterocycles. The number of carbonyl (C=O) groups excluding carboxylic acids is 2. The molecule has 0 aromatic heterocycles. The van der Waals surface area contributed by atoms with E-state index >= 15 is 0 Å². The van der Waals surface area contributed by atoms with Crippen molar-refractivity contribution in [2.45, 2.75) is 38.6 Å². The summed E-state index contributed by atoms with van der Waals surface area (Å²) in [5.41, 5.74) is 0. The smallest absolute Gasteiger partial charge is 0.313 e. The van der Waals surface area contributed by atoms with Crippen molar-refractivity contribution in [1.82, 2.24) is 10.6 Å². The van der Waals surface area contributed by atoms with Crippen LogP contribution in [0.25, 0.3) is 0 Å². The highest BCUT2D eigenvalue weighted by atomic mass is 32.2. The van der Waals surface area contributed by atoms with Gasteiger partial charge >= 0.3 is 5.97 Å². The molecule has 0 aliphatic heterocycles. The predicted molar refractivity (Wildman–Crippen MR) is 77.5 cm³/mol. The number of hydrogen-bond donors (Lipinski definition) is 3. The van der Waals surface area contributed by atoms with Gasteiger partial charge in [0.2, 0.25) is 11.8 Å². The number of thioether (sulfide) groups is 1. The van der Waals surface area contributed by atoms with Crippen LogP contribution in [0.2, 0.25) is 0 Å². The molecule has 0 radical (unpaired) electrons. The van der Waals surface area contributed by atoms with Gasteiger partial charge in [-0.05, 0) is 18.8 Å². The molecule has 0 bridgehead atoms. The number of rotatable bonds is 8. The monoisotopic (exact) mass is 302 g/mol. The lowest BCUT2D eigenvalue weighted by atomic mass is 9.97. The van der Waals surface area contributed by atoms with E-state index in [1.54, 1.807) is 0 Å². The van der Waals surface area contributed by atoms with Gasteiger partial charge in [-0.15, -0.1) is 11.8 Å². The summed E-state index contributed by atoms with van der Waals surface area (Å²) in [5.74, 6) is -0.419. The van der Waals surface area contributed by atoms with Crippen molar-refractivity contribution >= 4 is 29.5 Å². The minimum absolute atomic E-state index is 0.0353. The quantitative estimate of drug-likeness (QED) is 0.571. The summed E-state index contributed by atoms with van der Waals surface area (Å²) in [5, 5.41) is 14.0. The first kappa shape index (κ1) is 16.8. The molecule has 6 nitrogen and oxygen atoms in total. The molecule has 1 rings (SSSR count). The number of carboxylic acid groups (broad SMARTS) is 1. The molecule has 1 saturated carbocycles. The van der Waals surface area contributed by atoms with E-state index in [2.05, 4.69) is 10.6 Å². The van der Waals surface area contributed by atoms with Gasteiger partial charge in [-0.2, -0.15) is 0 Å². The van der Waals surface area contributed by atoms with Crippen LogP contribution in [0.3, 0.4) is 0 Å². The highest BCUT2D eigenvalue weighted by Gasteiger charge is 2.30. The Balaban J connectivity index is 2.34. The Morgan fingerprint density at radius 3 is 2.50 bits per heavy atom. The Morgan fingerprint density at radius 1 is 1.30 bits per heavy atom. The standard InChI is InChI=1S/C13H22N2O4S/c1-9(16)15-12(10-4-2-3-5-10)13(19)14-6-7-20-8-11(17)18/h10,12H,2-8H2,1H3,(H,14,19)(H,15,16)(H,17,18). The average Bonchev–Trinajstić information content (AvgIpc) is 2.88. The summed E-state index contributed by atoms with van der Waals surface area (Å²) in [7, 11) is 0. The van der Waals surface area contributed by atoms with Crippen LogP contribution in [0.1, 0.15) is 32.6 Å². The third-order valence-electron chi connectivity index (χ3n) is 3.28. The van der Waals surface area contributed by atoms with Crippen LogP contribution in [0.4, 0.5) is 0 Å². The third-order valence-corrected chi connectivity index (χ3v) is 4.23. The van der Waals surface area contributed by atoms with Gasteiger partial charge in [-0.3, -0.25) is 14.4 Å². The van der Waals surface area contributed by atoms with Gasteiger partial charge in [-0.25, -0.2) is 0 Å². The van der Waals surface area contributed by atoms with Crippen LogP contribution in [0, 0.1) is 5.92 Å². The average molecular weight is 302 g/mol. The Labute approximate surface area is 123 Å². The third kappa shape index (κ3) is 6.27. The molecule has 114 valence electrons. The molecule has 1 fully saturated rings. The number of amides is 2. The van der Waals surface area contributed by atoms with E-state index in [9.17, 15) is 14.4 Å². The second-order valence-corrected chi connectivity index (χ2v) is 6.07. The van der Waals surface area contributed by atoms with Gasteiger partial charge in [0.25, 0.3) is 0 Å². The highest BCUT2D eigenvalue weighted by Crippen LogP contribution is 2.27. The zero-order valence-electron chi connectivity index (χ0n) is 11.7. The maximum absolute atomic E-state index is 12.1. The van der Waals surface area contributed by atoms with Crippen molar-refractivity contribution in [1.29, 1.82) is 0 Å². The summed E-state index contributed by atoms with van der Waals surface area (Å²) < 4.78 is 0. The molecule has 20 heavy (non-hydrogen) atoms. The number of hydrogen-bond acceptors (Lipinski definition) is 4. The fourth-order valence-electron chi connectivity index (χ4n) is 2.42. The second kappa shape index (κ2) is 8.84. The van der Waals surface area contributed by atoms with Crippen molar-refractivity contribution < 1.29 is 19.5 Å². The summed E-state index contributed by atoms with van der Waals surface area (Å²) in [6.45, 7) is 1.83. The number of nitrogens with one attached hydrogen (secondary N) is 2. The van der Waals surface area contributed by atoms with E-state index in [4.69, 9.17) is 5.11 Å². The van der Waals surface area contributed by atoms with Crippen LogP contribution in [-0.4, -0.2) is 47.0 Å². The minimum Gasteiger partial charge on any atom is -0.481 e. The highest BCUT2D eigenvalue weighted by molar-refractivity contribution is 7.99. The molecular formula is C13H22N2O4S. The van der Waals surface area contributed by atoms with E-state index in [1.165, 1.54) is 18.7 Å². The van der Waals surface area contributed by atoms with Crippen LogP contribution >= 0.6 is 11.8 Å². The molecule has 3 N–H and O–H groups in total. The first-order valence-electron chi connectivity index (χ1n) is 6.85. The lowest BCUT2D eigenvalue weighted by Crippen LogP contribution is -2.50. The second-order valence-electron chi connectivity index (χ2n) is 4.96. The van der Waals surface area contributed by atoms with Crippen molar-refractivity contribution in [2.75, 3.05) is 18.1 Å². The molecular weight excluding hydrogens is 280 g/mol. The zero-order chi connectivity index (χ0) is 15.0. The largest absolute Gasteiger partial charge is 0.481 e. The Kier molecular flexibility index (Phi) is 7.43. The topological polar surface area (TPSA) is 95.5 Å². The van der Waals surface area contributed by atoms with Crippen LogP contribution < -0.4 is 10.6 Å². The van der Waals surface area contributed by atoms with Gasteiger partial charge in [0, 0.05) is 19.2 Å². The van der Waals surface area contributed by atoms with Crippen LogP contribution in [0.15, 0.2) is 0 Å². The van der Waals surface area contributed by atoms with Gasteiger partial charge in [0.15, 0.2) is 0 Å². The molecule has 7 heteroatoms. The molecule has 1 atom stereocenters. The van der Waals surface area contributed by atoms with Crippen molar-refractivity contribution in [2.24, 2.45) is 5.92 Å². The summed E-state index contributed by atoms with van der Waals surface area (Å²) in [6.07, 6.45) is 4.13. The molecule has 1 aliphatic carbocycles. The Morgan fingerprint density at radius 2 is 1.95 bits per heavy atom. The molecule has 2 amide bonds. The van der Waals surface area contributed by atoms with Gasteiger partial charge in [0.1, 0.15) is 6.04 Å². The summed E-state index contributed by atoms with van der Waals surface area (Å²) in [6, 6.07) is -0.459.